The molecule has 0 aromatic heterocycles. The van der Waals surface area contributed by atoms with Crippen molar-refractivity contribution in [3.63, 3.8) is 0 Å². The van der Waals surface area contributed by atoms with Gasteiger partial charge in [0.2, 0.25) is 29.1 Å². The molecule has 0 amide bonds. The Bertz CT molecular complexity index is 1760. The summed E-state index contributed by atoms with van der Waals surface area (Å²) in [6.45, 7) is 10.1. The lowest BCUT2D eigenvalue weighted by Gasteiger charge is -2.34. The van der Waals surface area contributed by atoms with Crippen LogP contribution in [0.1, 0.15) is 0 Å². The first-order valence-corrected chi connectivity index (χ1v) is 16.7. The summed E-state index contributed by atoms with van der Waals surface area (Å²) in [6.07, 6.45) is 0. The average Bonchev–Trinajstić information content (AvgIpc) is 3.08. The van der Waals surface area contributed by atoms with Crippen molar-refractivity contribution in [3.05, 3.63) is 107 Å². The number of benzene rings is 3. The molecule has 22 heteroatoms. The maximum Gasteiger partial charge on any atom is 0.340 e. The third-order valence-corrected chi connectivity index (χ3v) is 8.59. The van der Waals surface area contributed by atoms with Crippen LogP contribution in [0.5, 0.6) is 0 Å². The predicted molar refractivity (Wildman–Crippen MR) is 189 cm³/mol. The molecule has 0 radical (unpaired) electrons. The Kier molecular flexibility index (Phi) is 16.5. The number of hydrogen-bond acceptors (Lipinski definition) is 12. The van der Waals surface area contributed by atoms with Gasteiger partial charge in [-0.3, -0.25) is 30.3 Å². The van der Waals surface area contributed by atoms with Crippen LogP contribution in [-0.2, 0) is 0 Å². The molecule has 6 rings (SSSR count). The van der Waals surface area contributed by atoms with Crippen LogP contribution in [0.25, 0.3) is 0 Å². The predicted octanol–water partition coefficient (Wildman–Crippen LogP) is 4.78. The van der Waals surface area contributed by atoms with Crippen molar-refractivity contribution in [2.75, 3.05) is 109 Å². The lowest BCUT2D eigenvalue weighted by Crippen LogP contribution is -2.44. The molecule has 1 N–H and O–H groups in total. The first-order valence-electron chi connectivity index (χ1n) is 16.7. The van der Waals surface area contributed by atoms with E-state index in [0.29, 0.717) is 51.0 Å². The van der Waals surface area contributed by atoms with Crippen LogP contribution in [-0.4, -0.2) is 129 Å². The second-order valence-corrected chi connectivity index (χ2v) is 12.6. The van der Waals surface area contributed by atoms with Gasteiger partial charge < -0.3 is 29.8 Å². The van der Waals surface area contributed by atoms with Gasteiger partial charge in [0.15, 0.2) is 0 Å². The number of rotatable bonds is 5. The fraction of sp³-hybridized carbons (Fsp3) is 0.455. The molecule has 0 bridgehead atoms. The van der Waals surface area contributed by atoms with Crippen molar-refractivity contribution in [1.82, 2.24) is 20.0 Å². The lowest BCUT2D eigenvalue weighted by molar-refractivity contribution is -0.390. The van der Waals surface area contributed by atoms with Gasteiger partial charge in [0, 0.05) is 121 Å². The summed E-state index contributed by atoms with van der Waals surface area (Å²) >= 11 is 0. The molecule has 0 saturated carbocycles. The molecule has 0 spiro atoms. The maximum absolute atomic E-state index is 13.5. The van der Waals surface area contributed by atoms with Crippen LogP contribution in [0.2, 0.25) is 0 Å². The van der Waals surface area contributed by atoms with Crippen molar-refractivity contribution in [2.45, 2.75) is 0 Å². The molecule has 3 aliphatic heterocycles. The Balaban J connectivity index is 0.000000207. The van der Waals surface area contributed by atoms with E-state index in [2.05, 4.69) is 27.1 Å². The zero-order chi connectivity index (χ0) is 41.0. The van der Waals surface area contributed by atoms with Crippen LogP contribution in [0.15, 0.2) is 36.4 Å². The van der Waals surface area contributed by atoms with E-state index in [1.54, 1.807) is 4.90 Å². The molecule has 3 saturated heterocycles. The van der Waals surface area contributed by atoms with Crippen molar-refractivity contribution in [3.8, 4) is 0 Å². The molecule has 0 unspecified atom stereocenters. The minimum atomic E-state index is -1.52. The van der Waals surface area contributed by atoms with E-state index in [9.17, 15) is 61.1 Å². The van der Waals surface area contributed by atoms with Crippen LogP contribution in [0, 0.1) is 71.1 Å². The largest absolute Gasteiger partial charge is 0.369 e. The van der Waals surface area contributed by atoms with Gasteiger partial charge in [0.1, 0.15) is 17.3 Å². The Labute approximate surface area is 310 Å². The summed E-state index contributed by atoms with van der Waals surface area (Å²) in [6, 6.07) is 4.10. The molecule has 3 fully saturated rings. The summed E-state index contributed by atoms with van der Waals surface area (Å²) in [7, 11) is 6.05. The molecule has 302 valence electrons. The SMILES string of the molecule is CN1CCN(c2cc(F)c([N+](=O)[O-])c(F)c2)CC1.CN1CCN(c2cc(F)cc(F)c2[N+](=O)[O-])CC1.CN1CCNCC1.O=[N+]([O-])c1c(F)cc(F)cc1F. The zero-order valence-corrected chi connectivity index (χ0v) is 30.1. The normalized spacial score (nSPS) is 16.5. The number of nitro benzene ring substituents is 3. The van der Waals surface area contributed by atoms with Crippen LogP contribution >= 0.6 is 0 Å². The van der Waals surface area contributed by atoms with Crippen molar-refractivity contribution < 1.29 is 45.5 Å². The number of nitrogens with zero attached hydrogens (tertiary/aromatic N) is 8. The number of likely N-dealkylation sites (N-methyl/N-ethyl adjacent to an activating group) is 3. The number of piperazine rings is 3. The van der Waals surface area contributed by atoms with Gasteiger partial charge in [-0.1, -0.05) is 0 Å². The quantitative estimate of drug-likeness (QED) is 0.215. The van der Waals surface area contributed by atoms with Gasteiger partial charge in [0.25, 0.3) is 0 Å². The van der Waals surface area contributed by atoms with E-state index in [-0.39, 0.29) is 17.8 Å². The van der Waals surface area contributed by atoms with Gasteiger partial charge in [0.05, 0.1) is 14.8 Å². The molecule has 3 aliphatic rings. The highest BCUT2D eigenvalue weighted by Gasteiger charge is 2.28. The third-order valence-electron chi connectivity index (χ3n) is 8.59. The number of nitrogens with one attached hydrogen (secondary N) is 1. The molecular weight excluding hydrogens is 751 g/mol. The molecule has 3 heterocycles. The summed E-state index contributed by atoms with van der Waals surface area (Å²) in [5.74, 6) is -8.41. The number of hydrogen-bond donors (Lipinski definition) is 1. The highest BCUT2D eigenvalue weighted by Crippen LogP contribution is 2.33. The van der Waals surface area contributed by atoms with Crippen LogP contribution < -0.4 is 15.1 Å². The molecule has 55 heavy (non-hydrogen) atoms. The first kappa shape index (κ1) is 44.2. The standard InChI is InChI=1S/2C11H13F2N3O2.C6H2F3NO2.C5H12N2/c1-14-2-4-15(5-3-14)8-6-9(12)11(16(17)18)10(13)7-8;1-14-2-4-15(5-3-14)10-7-8(12)6-9(13)11(10)16(17)18;7-3-1-4(8)6(10(11)12)5(9)2-3;1-7-4-2-6-3-5-7/h2*6-7H,2-5H2,1H3;1-2H;6H,2-5H2,1H3. The molecule has 3 aromatic carbocycles. The Hall–Kier alpha value is -5.19. The van der Waals surface area contributed by atoms with Crippen LogP contribution in [0.3, 0.4) is 0 Å². The maximum atomic E-state index is 13.5. The van der Waals surface area contributed by atoms with Crippen molar-refractivity contribution in [2.24, 2.45) is 0 Å². The van der Waals surface area contributed by atoms with Crippen LogP contribution in [0.4, 0.5) is 59.2 Å². The summed E-state index contributed by atoms with van der Waals surface area (Å²) in [5.41, 5.74) is -2.71. The average molecular weight is 792 g/mol. The second-order valence-electron chi connectivity index (χ2n) is 12.6. The lowest BCUT2D eigenvalue weighted by atomic mass is 10.2. The molecule has 3 aromatic rings. The summed E-state index contributed by atoms with van der Waals surface area (Å²) in [5, 5.41) is 34.6. The fourth-order valence-electron chi connectivity index (χ4n) is 5.48. The molecule has 0 atom stereocenters. The zero-order valence-electron chi connectivity index (χ0n) is 30.1. The molecule has 15 nitrogen and oxygen atoms in total. The fourth-order valence-corrected chi connectivity index (χ4v) is 5.48. The summed E-state index contributed by atoms with van der Waals surface area (Å²) < 4.78 is 90.7. The van der Waals surface area contributed by atoms with Gasteiger partial charge in [-0.2, -0.15) is 22.0 Å². The van der Waals surface area contributed by atoms with E-state index in [4.69, 9.17) is 0 Å². The number of nitro groups is 3. The first-order chi connectivity index (χ1) is 25.9. The van der Waals surface area contributed by atoms with Crippen molar-refractivity contribution in [1.29, 1.82) is 0 Å². The van der Waals surface area contributed by atoms with Gasteiger partial charge in [-0.15, -0.1) is 0 Å². The topological polar surface area (TPSA) is 158 Å². The van der Waals surface area contributed by atoms with E-state index in [0.717, 1.165) is 44.4 Å². The molecule has 0 aliphatic carbocycles. The summed E-state index contributed by atoms with van der Waals surface area (Å²) in [4.78, 5) is 38.2. The second kappa shape index (κ2) is 20.5. The van der Waals surface area contributed by atoms with E-state index >= 15 is 0 Å². The van der Waals surface area contributed by atoms with Crippen molar-refractivity contribution >= 4 is 28.4 Å². The van der Waals surface area contributed by atoms with Gasteiger partial charge >= 0.3 is 17.1 Å². The third kappa shape index (κ3) is 13.0. The smallest absolute Gasteiger partial charge is 0.340 e. The monoisotopic (exact) mass is 791 g/mol. The van der Waals surface area contributed by atoms with E-state index in [1.165, 1.54) is 13.1 Å². The highest BCUT2D eigenvalue weighted by molar-refractivity contribution is 5.64. The Morgan fingerprint density at radius 2 is 0.800 bits per heavy atom. The Morgan fingerprint density at radius 1 is 0.473 bits per heavy atom. The number of halogens is 7. The molecular formula is C33H40F7N9O6. The minimum absolute atomic E-state index is 0.0191. The van der Waals surface area contributed by atoms with Gasteiger partial charge in [-0.25, -0.2) is 8.78 Å². The van der Waals surface area contributed by atoms with E-state index in [1.807, 2.05) is 19.0 Å². The minimum Gasteiger partial charge on any atom is -0.369 e. The Morgan fingerprint density at radius 3 is 1.16 bits per heavy atom. The highest BCUT2D eigenvalue weighted by atomic mass is 19.2. The number of anilines is 2. The van der Waals surface area contributed by atoms with Gasteiger partial charge in [-0.05, 0) is 21.1 Å². The van der Waals surface area contributed by atoms with E-state index < -0.39 is 72.6 Å².